The van der Waals surface area contributed by atoms with Crippen LogP contribution in [0.5, 0.6) is 0 Å². The van der Waals surface area contributed by atoms with Gasteiger partial charge in [-0.1, -0.05) is 0 Å². The van der Waals surface area contributed by atoms with E-state index in [1.165, 1.54) is 12.1 Å². The van der Waals surface area contributed by atoms with Crippen LogP contribution in [-0.2, 0) is 9.59 Å². The molecule has 2 rings (SSSR count). The molecule has 0 aromatic heterocycles. The molecule has 2 atom stereocenters. The van der Waals surface area contributed by atoms with Crippen molar-refractivity contribution in [1.29, 1.82) is 0 Å². The number of carbonyl (C=O) groups is 3. The maximum Gasteiger partial charge on any atom is 0.326 e. The summed E-state index contributed by atoms with van der Waals surface area (Å²) in [5.74, 6) is -2.59. The molecule has 112 valence electrons. The number of benzene rings is 1. The van der Waals surface area contributed by atoms with E-state index < -0.39 is 29.7 Å². The molecule has 0 radical (unpaired) electrons. The first-order valence-electron chi connectivity index (χ1n) is 6.78. The molecule has 0 unspecified atom stereocenters. The van der Waals surface area contributed by atoms with Gasteiger partial charge < -0.3 is 10.4 Å². The Kier molecular flexibility index (Phi) is 4.67. The predicted octanol–water partition coefficient (Wildman–Crippen LogP) is 1.77. The Hall–Kier alpha value is -2.24. The van der Waals surface area contributed by atoms with Crippen LogP contribution >= 0.6 is 0 Å². The van der Waals surface area contributed by atoms with E-state index in [0.717, 1.165) is 12.1 Å². The molecular formula is C15H16FNO4. The van der Waals surface area contributed by atoms with Crippen molar-refractivity contribution in [2.45, 2.75) is 31.7 Å². The zero-order chi connectivity index (χ0) is 15.4. The number of Topliss-reactive ketones (excluding diaryl/α,β-unsaturated/α-hetero) is 1. The lowest BCUT2D eigenvalue weighted by molar-refractivity contribution is -0.141. The van der Waals surface area contributed by atoms with Gasteiger partial charge in [-0.25, -0.2) is 9.18 Å². The minimum Gasteiger partial charge on any atom is -0.480 e. The molecule has 1 aromatic carbocycles. The van der Waals surface area contributed by atoms with Crippen molar-refractivity contribution >= 4 is 17.7 Å². The Morgan fingerprint density at radius 3 is 2.52 bits per heavy atom. The average Bonchev–Trinajstić information content (AvgIpc) is 2.45. The largest absolute Gasteiger partial charge is 0.480 e. The number of halogens is 1. The number of ketones is 1. The smallest absolute Gasteiger partial charge is 0.326 e. The van der Waals surface area contributed by atoms with Gasteiger partial charge in [-0.2, -0.15) is 0 Å². The molecule has 0 heterocycles. The third-order valence-electron chi connectivity index (χ3n) is 3.65. The summed E-state index contributed by atoms with van der Waals surface area (Å²) in [6.07, 6.45) is 1.86. The molecule has 0 aliphatic heterocycles. The normalized spacial score (nSPS) is 19.9. The molecule has 21 heavy (non-hydrogen) atoms. The third kappa shape index (κ3) is 3.87. The standard InChI is InChI=1S/C15H16FNO4/c16-11-6-4-9(5-7-11)14(19)17-13(15(20)21)10-2-1-3-12(18)8-10/h4-7,10,13H,1-3,8H2,(H,17,19)(H,20,21)/t10-,13+/m1/s1. The number of rotatable bonds is 4. The molecule has 1 saturated carbocycles. The zero-order valence-corrected chi connectivity index (χ0v) is 11.3. The molecule has 1 aliphatic rings. The molecule has 0 spiro atoms. The van der Waals surface area contributed by atoms with Crippen molar-refractivity contribution in [2.24, 2.45) is 5.92 Å². The zero-order valence-electron chi connectivity index (χ0n) is 11.3. The van der Waals surface area contributed by atoms with Gasteiger partial charge in [-0.05, 0) is 43.0 Å². The quantitative estimate of drug-likeness (QED) is 0.886. The van der Waals surface area contributed by atoms with E-state index in [1.54, 1.807) is 0 Å². The number of hydrogen-bond donors (Lipinski definition) is 2. The Morgan fingerprint density at radius 2 is 1.95 bits per heavy atom. The molecule has 1 aliphatic carbocycles. The Labute approximate surface area is 121 Å². The minimum absolute atomic E-state index is 0.0218. The van der Waals surface area contributed by atoms with E-state index in [1.807, 2.05) is 0 Å². The van der Waals surface area contributed by atoms with Crippen LogP contribution in [0, 0.1) is 11.7 Å². The summed E-state index contributed by atoms with van der Waals surface area (Å²) in [6, 6.07) is 3.74. The van der Waals surface area contributed by atoms with E-state index in [2.05, 4.69) is 5.32 Å². The number of carboxylic acids is 1. The van der Waals surface area contributed by atoms with Crippen molar-refractivity contribution in [3.05, 3.63) is 35.6 Å². The Morgan fingerprint density at radius 1 is 1.29 bits per heavy atom. The van der Waals surface area contributed by atoms with Crippen LogP contribution in [0.25, 0.3) is 0 Å². The summed E-state index contributed by atoms with van der Waals surface area (Å²) in [7, 11) is 0. The first kappa shape index (κ1) is 15.2. The van der Waals surface area contributed by atoms with E-state index in [0.29, 0.717) is 19.3 Å². The summed E-state index contributed by atoms with van der Waals surface area (Å²) in [6.45, 7) is 0. The van der Waals surface area contributed by atoms with E-state index in [-0.39, 0.29) is 17.8 Å². The number of nitrogens with one attached hydrogen (secondary N) is 1. The van der Waals surface area contributed by atoms with Crippen molar-refractivity contribution in [3.8, 4) is 0 Å². The molecule has 2 N–H and O–H groups in total. The summed E-state index contributed by atoms with van der Waals surface area (Å²) in [5.41, 5.74) is 0.185. The second kappa shape index (κ2) is 6.47. The van der Waals surface area contributed by atoms with Crippen LogP contribution < -0.4 is 5.32 Å². The highest BCUT2D eigenvalue weighted by Crippen LogP contribution is 2.24. The molecule has 6 heteroatoms. The van der Waals surface area contributed by atoms with Crippen LogP contribution in [0.15, 0.2) is 24.3 Å². The number of amides is 1. The van der Waals surface area contributed by atoms with Crippen LogP contribution in [0.2, 0.25) is 0 Å². The van der Waals surface area contributed by atoms with E-state index >= 15 is 0 Å². The highest BCUT2D eigenvalue weighted by molar-refractivity contribution is 5.96. The molecule has 1 fully saturated rings. The average molecular weight is 293 g/mol. The van der Waals surface area contributed by atoms with Crippen molar-refractivity contribution in [2.75, 3.05) is 0 Å². The number of carbonyl (C=O) groups excluding carboxylic acids is 2. The van der Waals surface area contributed by atoms with Gasteiger partial charge in [-0.3, -0.25) is 9.59 Å². The van der Waals surface area contributed by atoms with Crippen LogP contribution in [0.3, 0.4) is 0 Å². The molecule has 1 aromatic rings. The first-order chi connectivity index (χ1) is 9.97. The second-order valence-electron chi connectivity index (χ2n) is 5.19. The van der Waals surface area contributed by atoms with Gasteiger partial charge in [-0.15, -0.1) is 0 Å². The third-order valence-corrected chi connectivity index (χ3v) is 3.65. The Balaban J connectivity index is 2.08. The maximum atomic E-state index is 12.8. The van der Waals surface area contributed by atoms with Crippen molar-refractivity contribution in [3.63, 3.8) is 0 Å². The molecule has 1 amide bonds. The highest BCUT2D eigenvalue weighted by Gasteiger charge is 2.33. The second-order valence-corrected chi connectivity index (χ2v) is 5.19. The van der Waals surface area contributed by atoms with Crippen molar-refractivity contribution < 1.29 is 23.9 Å². The lowest BCUT2D eigenvalue weighted by Gasteiger charge is -2.27. The van der Waals surface area contributed by atoms with Gasteiger partial charge in [0.15, 0.2) is 0 Å². The van der Waals surface area contributed by atoms with Crippen molar-refractivity contribution in [1.82, 2.24) is 5.32 Å². The first-order valence-corrected chi connectivity index (χ1v) is 6.78. The van der Waals surface area contributed by atoms with Gasteiger partial charge in [0.2, 0.25) is 0 Å². The monoisotopic (exact) mass is 293 g/mol. The van der Waals surface area contributed by atoms with Gasteiger partial charge >= 0.3 is 5.97 Å². The fourth-order valence-corrected chi connectivity index (χ4v) is 2.55. The van der Waals surface area contributed by atoms with Gasteiger partial charge in [0.05, 0.1) is 0 Å². The van der Waals surface area contributed by atoms with E-state index in [9.17, 15) is 23.9 Å². The molecular weight excluding hydrogens is 277 g/mol. The number of carboxylic acid groups (broad SMARTS) is 1. The Bertz CT molecular complexity index is 555. The minimum atomic E-state index is -1.16. The van der Waals surface area contributed by atoms with Gasteiger partial charge in [0.1, 0.15) is 17.6 Å². The molecule has 5 nitrogen and oxygen atoms in total. The van der Waals surface area contributed by atoms with Crippen LogP contribution in [0.4, 0.5) is 4.39 Å². The summed E-state index contributed by atoms with van der Waals surface area (Å²) in [5, 5.41) is 11.7. The van der Waals surface area contributed by atoms with Crippen LogP contribution in [0.1, 0.15) is 36.0 Å². The fraction of sp³-hybridized carbons (Fsp3) is 0.400. The topological polar surface area (TPSA) is 83.5 Å². The summed E-state index contributed by atoms with van der Waals surface area (Å²) < 4.78 is 12.8. The summed E-state index contributed by atoms with van der Waals surface area (Å²) in [4.78, 5) is 34.8. The van der Waals surface area contributed by atoms with E-state index in [4.69, 9.17) is 0 Å². The molecule has 0 bridgehead atoms. The highest BCUT2D eigenvalue weighted by atomic mass is 19.1. The maximum absolute atomic E-state index is 12.8. The van der Waals surface area contributed by atoms with Gasteiger partial charge in [0, 0.05) is 18.4 Å². The SMILES string of the molecule is O=C1CCC[C@@H]([C@H](NC(=O)c2ccc(F)cc2)C(=O)O)C1. The van der Waals surface area contributed by atoms with Crippen LogP contribution in [-0.4, -0.2) is 28.8 Å². The number of hydrogen-bond acceptors (Lipinski definition) is 3. The lowest BCUT2D eigenvalue weighted by Crippen LogP contribution is -2.47. The number of aliphatic carboxylic acids is 1. The fourth-order valence-electron chi connectivity index (χ4n) is 2.55. The lowest BCUT2D eigenvalue weighted by atomic mass is 9.83. The van der Waals surface area contributed by atoms with Gasteiger partial charge in [0.25, 0.3) is 5.91 Å². The summed E-state index contributed by atoms with van der Waals surface area (Å²) >= 11 is 0. The predicted molar refractivity (Wildman–Crippen MR) is 72.3 cm³/mol. The molecule has 0 saturated heterocycles.